The lowest BCUT2D eigenvalue weighted by atomic mass is 10.0. The minimum Gasteiger partial charge on any atom is -0.390 e. The fraction of sp³-hybridized carbons (Fsp3) is 0.467. The summed E-state index contributed by atoms with van der Waals surface area (Å²) in [7, 11) is 1.77. The molecule has 0 aromatic heterocycles. The topological polar surface area (TPSA) is 41.9 Å². The van der Waals surface area contributed by atoms with Gasteiger partial charge in [0, 0.05) is 19.4 Å². The first kappa shape index (κ1) is 14.5. The van der Waals surface area contributed by atoms with E-state index >= 15 is 0 Å². The summed E-state index contributed by atoms with van der Waals surface area (Å²) >= 11 is 0. The summed E-state index contributed by atoms with van der Waals surface area (Å²) in [6, 6.07) is 6.17. The maximum Gasteiger partial charge on any atom is 0.224 e. The van der Waals surface area contributed by atoms with Crippen molar-refractivity contribution in [1.29, 1.82) is 0 Å². The molecule has 20 heavy (non-hydrogen) atoms. The van der Waals surface area contributed by atoms with Gasteiger partial charge in [0.05, 0.1) is 12.3 Å². The van der Waals surface area contributed by atoms with E-state index in [2.05, 4.69) is 5.16 Å². The normalized spacial score (nSPS) is 17.9. The van der Waals surface area contributed by atoms with Gasteiger partial charge in [0.25, 0.3) is 0 Å². The number of benzene rings is 1. The molecule has 1 aromatic rings. The Hall–Kier alpha value is -1.91. The highest BCUT2D eigenvalue weighted by Crippen LogP contribution is 2.18. The van der Waals surface area contributed by atoms with Crippen LogP contribution in [0.4, 0.5) is 4.39 Å². The molecular formula is C15H19FN2O2. The molecule has 1 atom stereocenters. The average Bonchev–Trinajstić information content (AvgIpc) is 2.87. The third-order valence-electron chi connectivity index (χ3n) is 3.26. The summed E-state index contributed by atoms with van der Waals surface area (Å²) in [4.78, 5) is 18.8. The quantitative estimate of drug-likeness (QED) is 0.849. The van der Waals surface area contributed by atoms with Crippen molar-refractivity contribution in [2.24, 2.45) is 11.1 Å². The summed E-state index contributed by atoms with van der Waals surface area (Å²) in [6.07, 6.45) is 0.490. The van der Waals surface area contributed by atoms with E-state index in [9.17, 15) is 9.18 Å². The molecule has 1 heterocycles. The Labute approximate surface area is 118 Å². The van der Waals surface area contributed by atoms with Crippen molar-refractivity contribution < 1.29 is 14.0 Å². The molecule has 0 saturated carbocycles. The van der Waals surface area contributed by atoms with Gasteiger partial charge in [-0.15, -0.1) is 0 Å². The van der Waals surface area contributed by atoms with Crippen molar-refractivity contribution in [2.75, 3.05) is 13.6 Å². The third-order valence-corrected chi connectivity index (χ3v) is 3.26. The van der Waals surface area contributed by atoms with E-state index in [1.54, 1.807) is 24.1 Å². The van der Waals surface area contributed by atoms with Gasteiger partial charge in [0.15, 0.2) is 6.10 Å². The highest BCUT2D eigenvalue weighted by atomic mass is 19.1. The zero-order valence-corrected chi connectivity index (χ0v) is 12.0. The third kappa shape index (κ3) is 3.35. The van der Waals surface area contributed by atoms with Crippen LogP contribution in [0.5, 0.6) is 0 Å². The van der Waals surface area contributed by atoms with Gasteiger partial charge in [0.1, 0.15) is 5.82 Å². The first-order valence-electron chi connectivity index (χ1n) is 6.71. The largest absolute Gasteiger partial charge is 0.390 e. The fourth-order valence-electron chi connectivity index (χ4n) is 2.18. The van der Waals surface area contributed by atoms with E-state index in [1.807, 2.05) is 13.8 Å². The van der Waals surface area contributed by atoms with E-state index < -0.39 is 0 Å². The number of nitrogens with zero attached hydrogens (tertiary/aromatic N) is 2. The number of rotatable bonds is 4. The second-order valence-corrected chi connectivity index (χ2v) is 5.35. The Bertz CT molecular complexity index is 511. The number of oxime groups is 1. The lowest BCUT2D eigenvalue weighted by Crippen LogP contribution is -2.36. The maximum absolute atomic E-state index is 12.9. The number of hydrogen-bond donors (Lipinski definition) is 0. The first-order chi connectivity index (χ1) is 9.47. The minimum atomic E-state index is -0.271. The van der Waals surface area contributed by atoms with Crippen LogP contribution in [-0.2, 0) is 9.63 Å². The van der Waals surface area contributed by atoms with Crippen molar-refractivity contribution in [2.45, 2.75) is 26.4 Å². The van der Waals surface area contributed by atoms with Gasteiger partial charge in [0.2, 0.25) is 5.91 Å². The van der Waals surface area contributed by atoms with Gasteiger partial charge in [-0.05, 0) is 17.7 Å². The number of carbonyl (C=O) groups excluding carboxylic acids is 1. The lowest BCUT2D eigenvalue weighted by Gasteiger charge is -2.21. The number of amides is 1. The second-order valence-electron chi connectivity index (χ2n) is 5.35. The highest BCUT2D eigenvalue weighted by Gasteiger charge is 2.25. The van der Waals surface area contributed by atoms with Gasteiger partial charge in [-0.1, -0.05) is 31.1 Å². The van der Waals surface area contributed by atoms with Gasteiger partial charge in [-0.2, -0.15) is 0 Å². The van der Waals surface area contributed by atoms with Crippen LogP contribution in [0.3, 0.4) is 0 Å². The summed E-state index contributed by atoms with van der Waals surface area (Å²) in [5.41, 5.74) is 1.65. The molecule has 0 fully saturated rings. The van der Waals surface area contributed by atoms with Crippen molar-refractivity contribution in [1.82, 2.24) is 4.90 Å². The molecule has 1 amide bonds. The average molecular weight is 278 g/mol. The summed E-state index contributed by atoms with van der Waals surface area (Å²) in [5, 5.41) is 4.03. The van der Waals surface area contributed by atoms with Crippen molar-refractivity contribution in [3.63, 3.8) is 0 Å². The SMILES string of the molecule is CC(C)C(=O)N(C)C[C@@H]1CC(c2ccc(F)cc2)=NO1. The molecule has 4 nitrogen and oxygen atoms in total. The summed E-state index contributed by atoms with van der Waals surface area (Å²) in [5.74, 6) is -0.213. The summed E-state index contributed by atoms with van der Waals surface area (Å²) in [6.45, 7) is 4.24. The van der Waals surface area contributed by atoms with Crippen LogP contribution >= 0.6 is 0 Å². The molecule has 0 aliphatic carbocycles. The maximum atomic E-state index is 12.9. The van der Waals surface area contributed by atoms with Crippen LogP contribution in [-0.4, -0.2) is 36.2 Å². The number of hydrogen-bond acceptors (Lipinski definition) is 3. The molecule has 0 radical (unpaired) electrons. The lowest BCUT2D eigenvalue weighted by molar-refractivity contribution is -0.134. The van der Waals surface area contributed by atoms with Crippen LogP contribution < -0.4 is 0 Å². The Morgan fingerprint density at radius 2 is 2.10 bits per heavy atom. The zero-order chi connectivity index (χ0) is 14.7. The number of halogens is 1. The van der Waals surface area contributed by atoms with Gasteiger partial charge >= 0.3 is 0 Å². The minimum absolute atomic E-state index is 0.0288. The van der Waals surface area contributed by atoms with Crippen LogP contribution in [0, 0.1) is 11.7 Å². The van der Waals surface area contributed by atoms with Crippen molar-refractivity contribution in [3.8, 4) is 0 Å². The Morgan fingerprint density at radius 3 is 2.70 bits per heavy atom. The predicted octanol–water partition coefficient (Wildman–Crippen LogP) is 2.43. The molecule has 0 unspecified atom stereocenters. The van der Waals surface area contributed by atoms with E-state index in [-0.39, 0.29) is 23.7 Å². The van der Waals surface area contributed by atoms with Crippen molar-refractivity contribution >= 4 is 11.6 Å². The monoisotopic (exact) mass is 278 g/mol. The fourth-order valence-corrected chi connectivity index (χ4v) is 2.18. The summed E-state index contributed by atoms with van der Waals surface area (Å²) < 4.78 is 12.9. The molecule has 1 aromatic carbocycles. The van der Waals surface area contributed by atoms with Crippen LogP contribution in [0.2, 0.25) is 0 Å². The van der Waals surface area contributed by atoms with Crippen LogP contribution in [0.25, 0.3) is 0 Å². The Kier molecular flexibility index (Phi) is 4.37. The molecule has 0 bridgehead atoms. The van der Waals surface area contributed by atoms with Crippen LogP contribution in [0.15, 0.2) is 29.4 Å². The molecular weight excluding hydrogens is 259 g/mol. The smallest absolute Gasteiger partial charge is 0.224 e. The van der Waals surface area contributed by atoms with E-state index in [1.165, 1.54) is 12.1 Å². The predicted molar refractivity (Wildman–Crippen MR) is 74.9 cm³/mol. The second kappa shape index (κ2) is 6.03. The first-order valence-corrected chi connectivity index (χ1v) is 6.71. The molecule has 1 aliphatic rings. The van der Waals surface area contributed by atoms with E-state index in [0.29, 0.717) is 13.0 Å². The zero-order valence-electron chi connectivity index (χ0n) is 12.0. The van der Waals surface area contributed by atoms with Gasteiger partial charge in [-0.3, -0.25) is 4.79 Å². The molecule has 108 valence electrons. The van der Waals surface area contributed by atoms with E-state index in [4.69, 9.17) is 4.84 Å². The Balaban J connectivity index is 1.91. The van der Waals surface area contributed by atoms with Crippen LogP contribution in [0.1, 0.15) is 25.8 Å². The molecule has 0 N–H and O–H groups in total. The number of likely N-dealkylation sites (N-methyl/N-ethyl adjacent to an activating group) is 1. The van der Waals surface area contributed by atoms with Crippen molar-refractivity contribution in [3.05, 3.63) is 35.6 Å². The molecule has 5 heteroatoms. The van der Waals surface area contributed by atoms with Gasteiger partial charge < -0.3 is 9.74 Å². The van der Waals surface area contributed by atoms with Gasteiger partial charge in [-0.25, -0.2) is 4.39 Å². The van der Waals surface area contributed by atoms with E-state index in [0.717, 1.165) is 11.3 Å². The molecule has 0 saturated heterocycles. The molecule has 1 aliphatic heterocycles. The molecule has 2 rings (SSSR count). The highest BCUT2D eigenvalue weighted by molar-refractivity contribution is 6.01. The Morgan fingerprint density at radius 1 is 1.45 bits per heavy atom. The molecule has 0 spiro atoms. The number of carbonyl (C=O) groups is 1. The standard InChI is InChI=1S/C15H19FN2O2/c1-10(2)15(19)18(3)9-13-8-14(17-20-13)11-4-6-12(16)7-5-11/h4-7,10,13H,8-9H2,1-3H3/t13-/m0/s1.